The van der Waals surface area contributed by atoms with Gasteiger partial charge in [-0.2, -0.15) is 0 Å². The number of esters is 1. The molecule has 0 radical (unpaired) electrons. The third-order valence-electron chi connectivity index (χ3n) is 8.49. The molecular weight excluding hydrogens is 464 g/mol. The summed E-state index contributed by atoms with van der Waals surface area (Å²) in [7, 11) is 0. The second-order valence-corrected chi connectivity index (χ2v) is 12.8. The van der Waals surface area contributed by atoms with E-state index >= 15 is 0 Å². The minimum Gasteiger partial charge on any atom is -0.466 e. The average Bonchev–Trinajstić information content (AvgIpc) is 2.91. The van der Waals surface area contributed by atoms with Gasteiger partial charge in [0, 0.05) is 6.42 Å². The molecule has 0 rings (SSSR count). The number of carbonyl (C=O) groups is 1. The molecule has 0 aliphatic carbocycles. The standard InChI is InChI=1S/C36H72O2/c1-5-7-8-9-10-14-17-20-23-28-34(3)29-24-21-18-15-12-11-13-16-19-22-25-30-35(4)31-26-27-32-36(37)38-33-6-2/h34-35H,5-33H2,1-4H3. The van der Waals surface area contributed by atoms with Gasteiger partial charge in [0.1, 0.15) is 0 Å². The summed E-state index contributed by atoms with van der Waals surface area (Å²) in [6.07, 6.45) is 38.1. The third-order valence-corrected chi connectivity index (χ3v) is 8.49. The molecule has 2 unspecified atom stereocenters. The minimum atomic E-state index is -0.0102. The van der Waals surface area contributed by atoms with Crippen molar-refractivity contribution in [1.82, 2.24) is 0 Å². The van der Waals surface area contributed by atoms with Crippen molar-refractivity contribution in [2.45, 2.75) is 207 Å². The van der Waals surface area contributed by atoms with Crippen molar-refractivity contribution in [3.8, 4) is 0 Å². The first-order valence-corrected chi connectivity index (χ1v) is 17.8. The highest BCUT2D eigenvalue weighted by molar-refractivity contribution is 5.69. The Morgan fingerprint density at radius 2 is 0.763 bits per heavy atom. The Balaban J connectivity index is 3.25. The zero-order valence-corrected chi connectivity index (χ0v) is 27.0. The van der Waals surface area contributed by atoms with Gasteiger partial charge in [-0.3, -0.25) is 4.79 Å². The van der Waals surface area contributed by atoms with Gasteiger partial charge in [-0.05, 0) is 24.7 Å². The largest absolute Gasteiger partial charge is 0.466 e. The molecule has 0 bridgehead atoms. The number of rotatable bonds is 31. The van der Waals surface area contributed by atoms with E-state index in [1.165, 1.54) is 161 Å². The summed E-state index contributed by atoms with van der Waals surface area (Å²) in [6, 6.07) is 0. The monoisotopic (exact) mass is 537 g/mol. The molecule has 0 aromatic heterocycles. The first-order valence-electron chi connectivity index (χ1n) is 17.8. The summed E-state index contributed by atoms with van der Waals surface area (Å²) in [4.78, 5) is 11.5. The van der Waals surface area contributed by atoms with Crippen LogP contribution >= 0.6 is 0 Å². The Hall–Kier alpha value is -0.530. The second kappa shape index (κ2) is 31.0. The predicted molar refractivity (Wildman–Crippen MR) is 170 cm³/mol. The quantitative estimate of drug-likeness (QED) is 0.0650. The Labute approximate surface area is 241 Å². The summed E-state index contributed by atoms with van der Waals surface area (Å²) < 4.78 is 5.14. The van der Waals surface area contributed by atoms with Crippen molar-refractivity contribution in [2.24, 2.45) is 11.8 Å². The van der Waals surface area contributed by atoms with Crippen molar-refractivity contribution in [1.29, 1.82) is 0 Å². The highest BCUT2D eigenvalue weighted by Crippen LogP contribution is 2.20. The van der Waals surface area contributed by atoms with Crippen LogP contribution in [0.25, 0.3) is 0 Å². The smallest absolute Gasteiger partial charge is 0.305 e. The molecule has 0 aromatic rings. The lowest BCUT2D eigenvalue weighted by Gasteiger charge is -2.11. The molecule has 0 N–H and O–H groups in total. The van der Waals surface area contributed by atoms with Crippen LogP contribution in [0.4, 0.5) is 0 Å². The summed E-state index contributed by atoms with van der Waals surface area (Å²) >= 11 is 0. The molecule has 2 atom stereocenters. The van der Waals surface area contributed by atoms with Gasteiger partial charge < -0.3 is 4.74 Å². The predicted octanol–water partition coefficient (Wildman–Crippen LogP) is 12.8. The van der Waals surface area contributed by atoms with Crippen LogP contribution in [0.5, 0.6) is 0 Å². The van der Waals surface area contributed by atoms with Gasteiger partial charge in [-0.15, -0.1) is 0 Å². The van der Waals surface area contributed by atoms with Gasteiger partial charge in [0.15, 0.2) is 0 Å². The van der Waals surface area contributed by atoms with E-state index in [9.17, 15) is 4.79 Å². The van der Waals surface area contributed by atoms with Gasteiger partial charge >= 0.3 is 5.97 Å². The highest BCUT2D eigenvalue weighted by Gasteiger charge is 2.06. The maximum atomic E-state index is 11.5. The molecule has 0 spiro atoms. The van der Waals surface area contributed by atoms with Crippen LogP contribution in [0.2, 0.25) is 0 Å². The Morgan fingerprint density at radius 1 is 0.447 bits per heavy atom. The normalized spacial score (nSPS) is 13.1. The zero-order valence-electron chi connectivity index (χ0n) is 27.0. The molecule has 2 heteroatoms. The fourth-order valence-corrected chi connectivity index (χ4v) is 5.72. The van der Waals surface area contributed by atoms with Crippen LogP contribution in [0.1, 0.15) is 207 Å². The van der Waals surface area contributed by atoms with Crippen molar-refractivity contribution >= 4 is 5.97 Å². The van der Waals surface area contributed by atoms with Crippen molar-refractivity contribution in [3.05, 3.63) is 0 Å². The number of hydrogen-bond acceptors (Lipinski definition) is 2. The Kier molecular flexibility index (Phi) is 30.6. The van der Waals surface area contributed by atoms with Gasteiger partial charge in [-0.25, -0.2) is 0 Å². The Morgan fingerprint density at radius 3 is 1.11 bits per heavy atom. The Bertz CT molecular complexity index is 460. The summed E-state index contributed by atoms with van der Waals surface area (Å²) in [5, 5.41) is 0. The van der Waals surface area contributed by atoms with Crippen LogP contribution in [0, 0.1) is 11.8 Å². The summed E-state index contributed by atoms with van der Waals surface area (Å²) in [6.45, 7) is 9.79. The average molecular weight is 537 g/mol. The fraction of sp³-hybridized carbons (Fsp3) is 0.972. The van der Waals surface area contributed by atoms with Gasteiger partial charge in [0.05, 0.1) is 6.61 Å². The number of ether oxygens (including phenoxy) is 1. The SMILES string of the molecule is CCCCCCCCCCCC(C)CCCCCCCCCCCCCC(C)CCCCC(=O)OCCC. The first-order chi connectivity index (χ1) is 18.6. The van der Waals surface area contributed by atoms with E-state index in [1.54, 1.807) is 0 Å². The minimum absolute atomic E-state index is 0.0102. The van der Waals surface area contributed by atoms with E-state index in [0.29, 0.717) is 13.0 Å². The van der Waals surface area contributed by atoms with E-state index in [1.807, 2.05) is 6.92 Å². The maximum absolute atomic E-state index is 11.5. The van der Waals surface area contributed by atoms with E-state index in [4.69, 9.17) is 4.74 Å². The van der Waals surface area contributed by atoms with Gasteiger partial charge in [0.25, 0.3) is 0 Å². The lowest BCUT2D eigenvalue weighted by Crippen LogP contribution is -2.05. The van der Waals surface area contributed by atoms with E-state index in [2.05, 4.69) is 20.8 Å². The summed E-state index contributed by atoms with van der Waals surface area (Å²) in [5.74, 6) is 1.74. The number of unbranched alkanes of at least 4 members (excludes halogenated alkanes) is 19. The zero-order chi connectivity index (χ0) is 27.9. The summed E-state index contributed by atoms with van der Waals surface area (Å²) in [5.41, 5.74) is 0. The van der Waals surface area contributed by atoms with Crippen LogP contribution in [0.15, 0.2) is 0 Å². The lowest BCUT2D eigenvalue weighted by molar-refractivity contribution is -0.143. The van der Waals surface area contributed by atoms with E-state index in [0.717, 1.165) is 24.7 Å². The molecule has 0 aromatic carbocycles. The van der Waals surface area contributed by atoms with Crippen LogP contribution in [0.3, 0.4) is 0 Å². The first kappa shape index (κ1) is 37.5. The topological polar surface area (TPSA) is 26.3 Å². The second-order valence-electron chi connectivity index (χ2n) is 12.8. The molecule has 0 heterocycles. The van der Waals surface area contributed by atoms with Crippen LogP contribution in [-0.2, 0) is 9.53 Å². The lowest BCUT2D eigenvalue weighted by atomic mass is 9.95. The van der Waals surface area contributed by atoms with Crippen LogP contribution in [-0.4, -0.2) is 12.6 Å². The number of hydrogen-bond donors (Lipinski definition) is 0. The fourth-order valence-electron chi connectivity index (χ4n) is 5.72. The molecule has 0 fully saturated rings. The van der Waals surface area contributed by atoms with Crippen molar-refractivity contribution < 1.29 is 9.53 Å². The number of carbonyl (C=O) groups excluding carboxylic acids is 1. The maximum Gasteiger partial charge on any atom is 0.305 e. The molecule has 2 nitrogen and oxygen atoms in total. The molecule has 0 amide bonds. The third kappa shape index (κ3) is 30.0. The van der Waals surface area contributed by atoms with E-state index in [-0.39, 0.29) is 5.97 Å². The molecule has 38 heavy (non-hydrogen) atoms. The van der Waals surface area contributed by atoms with Crippen LogP contribution < -0.4 is 0 Å². The molecule has 0 saturated carbocycles. The molecule has 228 valence electrons. The molecule has 0 aliphatic rings. The molecular formula is C36H72O2. The molecule has 0 aliphatic heterocycles. The van der Waals surface area contributed by atoms with Gasteiger partial charge in [0.2, 0.25) is 0 Å². The molecule has 0 saturated heterocycles. The van der Waals surface area contributed by atoms with Gasteiger partial charge in [-0.1, -0.05) is 188 Å². The van der Waals surface area contributed by atoms with E-state index < -0.39 is 0 Å². The highest BCUT2D eigenvalue weighted by atomic mass is 16.5. The van der Waals surface area contributed by atoms with Crippen molar-refractivity contribution in [2.75, 3.05) is 6.61 Å². The van der Waals surface area contributed by atoms with Crippen molar-refractivity contribution in [3.63, 3.8) is 0 Å².